The lowest BCUT2D eigenvalue weighted by Crippen LogP contribution is -2.18. The number of hydrogen-bond acceptors (Lipinski definition) is 6. The summed E-state index contributed by atoms with van der Waals surface area (Å²) >= 11 is 1.35. The summed E-state index contributed by atoms with van der Waals surface area (Å²) < 4.78 is 5.29. The highest BCUT2D eigenvalue weighted by molar-refractivity contribution is 7.14. The van der Waals surface area contributed by atoms with Crippen molar-refractivity contribution in [3.05, 3.63) is 46.5 Å². The highest BCUT2D eigenvalue weighted by Gasteiger charge is 2.18. The van der Waals surface area contributed by atoms with Crippen molar-refractivity contribution in [3.8, 4) is 11.3 Å². The average molecular weight is 368 g/mol. The maximum atomic E-state index is 12.3. The summed E-state index contributed by atoms with van der Waals surface area (Å²) in [4.78, 5) is 32.3. The van der Waals surface area contributed by atoms with E-state index in [1.807, 2.05) is 23.6 Å². The van der Waals surface area contributed by atoms with Crippen LogP contribution < -0.4 is 10.6 Å². The number of aryl methyl sites for hydroxylation is 3. The molecule has 3 aromatic rings. The molecule has 2 amide bonds. The minimum Gasteiger partial charge on any atom is -0.445 e. The molecule has 1 aliphatic heterocycles. The topological polar surface area (TPSA) is 97.1 Å². The molecule has 0 atom stereocenters. The molecule has 0 saturated carbocycles. The van der Waals surface area contributed by atoms with Crippen molar-refractivity contribution in [1.82, 2.24) is 9.97 Å². The van der Waals surface area contributed by atoms with Crippen molar-refractivity contribution >= 4 is 34.0 Å². The van der Waals surface area contributed by atoms with E-state index in [4.69, 9.17) is 4.42 Å². The fourth-order valence-electron chi connectivity index (χ4n) is 2.90. The Bertz CT molecular complexity index is 1020. The highest BCUT2D eigenvalue weighted by atomic mass is 32.1. The van der Waals surface area contributed by atoms with Crippen molar-refractivity contribution in [3.63, 3.8) is 0 Å². The zero-order chi connectivity index (χ0) is 18.3. The second-order valence-corrected chi connectivity index (χ2v) is 6.91. The third-order valence-corrected chi connectivity index (χ3v) is 4.90. The second-order valence-electron chi connectivity index (χ2n) is 6.05. The van der Waals surface area contributed by atoms with Gasteiger partial charge < -0.3 is 9.73 Å². The molecule has 26 heavy (non-hydrogen) atoms. The normalized spacial score (nSPS) is 13.2. The molecular weight excluding hydrogens is 352 g/mol. The van der Waals surface area contributed by atoms with Crippen LogP contribution in [-0.2, 0) is 11.2 Å². The Balaban J connectivity index is 1.54. The predicted octanol–water partition coefficient (Wildman–Crippen LogP) is 3.55. The van der Waals surface area contributed by atoms with E-state index in [0.717, 1.165) is 22.5 Å². The molecule has 1 aromatic carbocycles. The van der Waals surface area contributed by atoms with Crippen LogP contribution in [0, 0.1) is 13.8 Å². The van der Waals surface area contributed by atoms with E-state index in [2.05, 4.69) is 20.6 Å². The Morgan fingerprint density at radius 1 is 1.27 bits per heavy atom. The lowest BCUT2D eigenvalue weighted by atomic mass is 9.99. The molecule has 0 radical (unpaired) electrons. The number of thiazole rings is 1. The van der Waals surface area contributed by atoms with E-state index in [1.54, 1.807) is 13.8 Å². The first-order valence-electron chi connectivity index (χ1n) is 8.13. The van der Waals surface area contributed by atoms with Gasteiger partial charge in [0.1, 0.15) is 5.76 Å². The molecule has 8 heteroatoms. The molecular formula is C18H16N4O3S. The van der Waals surface area contributed by atoms with E-state index in [1.165, 1.54) is 11.3 Å². The summed E-state index contributed by atoms with van der Waals surface area (Å²) in [5, 5.41) is 8.01. The van der Waals surface area contributed by atoms with E-state index < -0.39 is 0 Å². The van der Waals surface area contributed by atoms with Gasteiger partial charge in [0, 0.05) is 30.0 Å². The van der Waals surface area contributed by atoms with Crippen LogP contribution in [-0.4, -0.2) is 21.8 Å². The first kappa shape index (κ1) is 16.5. The molecule has 0 bridgehead atoms. The van der Waals surface area contributed by atoms with Crippen molar-refractivity contribution in [1.29, 1.82) is 0 Å². The quantitative estimate of drug-likeness (QED) is 0.737. The third-order valence-electron chi connectivity index (χ3n) is 4.14. The second kappa shape index (κ2) is 6.38. The molecule has 2 N–H and O–H groups in total. The van der Waals surface area contributed by atoms with Crippen LogP contribution in [0.15, 0.2) is 28.0 Å². The highest BCUT2D eigenvalue weighted by Crippen LogP contribution is 2.30. The van der Waals surface area contributed by atoms with Crippen LogP contribution in [0.5, 0.6) is 0 Å². The van der Waals surface area contributed by atoms with Gasteiger partial charge in [-0.1, -0.05) is 6.07 Å². The van der Waals surface area contributed by atoms with Crippen molar-refractivity contribution < 1.29 is 14.0 Å². The number of anilines is 2. The fraction of sp³-hybridized carbons (Fsp3) is 0.222. The lowest BCUT2D eigenvalue weighted by molar-refractivity contribution is -0.116. The molecule has 0 saturated heterocycles. The number of aromatic nitrogens is 2. The van der Waals surface area contributed by atoms with Crippen molar-refractivity contribution in [2.24, 2.45) is 0 Å². The standard InChI is InChI=1S/C18H16N4O3S/c1-9-16(19-10(2)25-9)17(24)22-18-21-14(8-26-18)12-3-5-13-11(7-12)4-6-15(23)20-13/h3,5,7-8H,4,6H2,1-2H3,(H,20,23)(H,21,22,24). The molecule has 2 aromatic heterocycles. The van der Waals surface area contributed by atoms with Gasteiger partial charge >= 0.3 is 0 Å². The van der Waals surface area contributed by atoms with E-state index in [-0.39, 0.29) is 17.5 Å². The summed E-state index contributed by atoms with van der Waals surface area (Å²) in [6.45, 7) is 3.40. The minimum atomic E-state index is -0.339. The number of carbonyl (C=O) groups excluding carboxylic acids is 2. The number of hydrogen-bond donors (Lipinski definition) is 2. The first-order valence-corrected chi connectivity index (χ1v) is 9.01. The van der Waals surface area contributed by atoms with Gasteiger partial charge in [-0.2, -0.15) is 0 Å². The lowest BCUT2D eigenvalue weighted by Gasteiger charge is -2.17. The van der Waals surface area contributed by atoms with Crippen molar-refractivity contribution in [2.45, 2.75) is 26.7 Å². The summed E-state index contributed by atoms with van der Waals surface area (Å²) in [6.07, 6.45) is 1.21. The van der Waals surface area contributed by atoms with E-state index in [9.17, 15) is 9.59 Å². The van der Waals surface area contributed by atoms with Crippen LogP contribution in [0.3, 0.4) is 0 Å². The Kier molecular flexibility index (Phi) is 4.04. The molecule has 0 fully saturated rings. The first-order chi connectivity index (χ1) is 12.5. The zero-order valence-electron chi connectivity index (χ0n) is 14.3. The van der Waals surface area contributed by atoms with Gasteiger partial charge in [0.15, 0.2) is 16.7 Å². The molecule has 3 heterocycles. The number of nitrogens with one attached hydrogen (secondary N) is 2. The molecule has 0 unspecified atom stereocenters. The van der Waals surface area contributed by atoms with Gasteiger partial charge in [0.2, 0.25) is 5.91 Å². The minimum absolute atomic E-state index is 0.0438. The maximum absolute atomic E-state index is 12.3. The summed E-state index contributed by atoms with van der Waals surface area (Å²) in [7, 11) is 0. The van der Waals surface area contributed by atoms with E-state index in [0.29, 0.717) is 29.6 Å². The van der Waals surface area contributed by atoms with Crippen LogP contribution in [0.1, 0.15) is 34.1 Å². The third kappa shape index (κ3) is 3.11. The van der Waals surface area contributed by atoms with Crippen molar-refractivity contribution in [2.75, 3.05) is 10.6 Å². The van der Waals surface area contributed by atoms with Gasteiger partial charge in [-0.15, -0.1) is 11.3 Å². The number of oxazole rings is 1. The Morgan fingerprint density at radius 2 is 2.12 bits per heavy atom. The number of carbonyl (C=O) groups is 2. The van der Waals surface area contributed by atoms with Gasteiger partial charge in [0.05, 0.1) is 5.69 Å². The SMILES string of the molecule is Cc1nc(C(=O)Nc2nc(-c3ccc4c(c3)CCC(=O)N4)cs2)c(C)o1. The molecule has 4 rings (SSSR count). The predicted molar refractivity (Wildman–Crippen MR) is 98.4 cm³/mol. The molecule has 1 aliphatic rings. The van der Waals surface area contributed by atoms with Crippen LogP contribution >= 0.6 is 11.3 Å². The summed E-state index contributed by atoms with van der Waals surface area (Å²) in [5.41, 5.74) is 3.94. The average Bonchev–Trinajstić information content (AvgIpc) is 3.20. The number of amides is 2. The van der Waals surface area contributed by atoms with Gasteiger partial charge in [0.25, 0.3) is 5.91 Å². The summed E-state index contributed by atoms with van der Waals surface area (Å²) in [6, 6.07) is 5.83. The van der Waals surface area contributed by atoms with Gasteiger partial charge in [-0.05, 0) is 31.0 Å². The Labute approximate surface area is 153 Å². The van der Waals surface area contributed by atoms with Crippen LogP contribution in [0.4, 0.5) is 10.8 Å². The Hall–Kier alpha value is -3.00. The van der Waals surface area contributed by atoms with Gasteiger partial charge in [-0.25, -0.2) is 9.97 Å². The zero-order valence-corrected chi connectivity index (χ0v) is 15.1. The smallest absolute Gasteiger partial charge is 0.279 e. The van der Waals surface area contributed by atoms with Gasteiger partial charge in [-0.3, -0.25) is 14.9 Å². The summed E-state index contributed by atoms with van der Waals surface area (Å²) in [5.74, 6) is 0.637. The molecule has 0 aliphatic carbocycles. The number of nitrogens with zero attached hydrogens (tertiary/aromatic N) is 2. The van der Waals surface area contributed by atoms with Crippen LogP contribution in [0.25, 0.3) is 11.3 Å². The monoisotopic (exact) mass is 368 g/mol. The number of rotatable bonds is 3. The molecule has 132 valence electrons. The number of fused-ring (bicyclic) bond motifs is 1. The largest absolute Gasteiger partial charge is 0.445 e. The molecule has 7 nitrogen and oxygen atoms in total. The maximum Gasteiger partial charge on any atom is 0.279 e. The van der Waals surface area contributed by atoms with E-state index >= 15 is 0 Å². The Morgan fingerprint density at radius 3 is 2.88 bits per heavy atom. The van der Waals surface area contributed by atoms with Crippen LogP contribution in [0.2, 0.25) is 0 Å². The number of benzene rings is 1. The fourth-order valence-corrected chi connectivity index (χ4v) is 3.62. The molecule has 0 spiro atoms.